The van der Waals surface area contributed by atoms with Crippen LogP contribution in [0.5, 0.6) is 0 Å². The molecular formula is C10H9NO2S2. The zero-order valence-corrected chi connectivity index (χ0v) is 9.73. The van der Waals surface area contributed by atoms with E-state index < -0.39 is 0 Å². The zero-order valence-electron chi connectivity index (χ0n) is 8.10. The maximum atomic E-state index is 11.6. The van der Waals surface area contributed by atoms with Gasteiger partial charge in [-0.25, -0.2) is 4.79 Å². The van der Waals surface area contributed by atoms with Gasteiger partial charge in [0.25, 0.3) is 0 Å². The Morgan fingerprint density at radius 2 is 2.47 bits per heavy atom. The molecule has 0 bridgehead atoms. The Bertz CT molecular complexity index is 448. The number of nitrogens with zero attached hydrogens (tertiary/aromatic N) is 1. The number of aromatic nitrogens is 1. The highest BCUT2D eigenvalue weighted by atomic mass is 32.1. The van der Waals surface area contributed by atoms with Crippen LogP contribution in [0.2, 0.25) is 0 Å². The summed E-state index contributed by atoms with van der Waals surface area (Å²) in [5.74, 6) is -0.297. The minimum absolute atomic E-state index is 0.297. The SMILES string of the molecule is CCOC(=O)c1csnc1-c1cccs1. The van der Waals surface area contributed by atoms with Crippen molar-refractivity contribution in [1.29, 1.82) is 0 Å². The van der Waals surface area contributed by atoms with E-state index in [4.69, 9.17) is 4.74 Å². The van der Waals surface area contributed by atoms with Crippen molar-refractivity contribution in [3.8, 4) is 10.6 Å². The van der Waals surface area contributed by atoms with Crippen molar-refractivity contribution in [2.24, 2.45) is 0 Å². The molecule has 0 saturated carbocycles. The lowest BCUT2D eigenvalue weighted by Crippen LogP contribution is -2.04. The summed E-state index contributed by atoms with van der Waals surface area (Å²) in [5, 5.41) is 3.69. The van der Waals surface area contributed by atoms with E-state index in [1.165, 1.54) is 11.5 Å². The molecule has 5 heteroatoms. The molecule has 0 atom stereocenters. The van der Waals surface area contributed by atoms with Gasteiger partial charge in [0.2, 0.25) is 0 Å². The molecule has 2 rings (SSSR count). The normalized spacial score (nSPS) is 10.2. The van der Waals surface area contributed by atoms with Crippen LogP contribution in [-0.4, -0.2) is 16.9 Å². The Balaban J connectivity index is 2.34. The molecular weight excluding hydrogens is 230 g/mol. The van der Waals surface area contributed by atoms with Crippen LogP contribution in [0.4, 0.5) is 0 Å². The summed E-state index contributed by atoms with van der Waals surface area (Å²) in [6.45, 7) is 2.18. The number of thiophene rings is 1. The van der Waals surface area contributed by atoms with Crippen molar-refractivity contribution in [3.63, 3.8) is 0 Å². The van der Waals surface area contributed by atoms with Crippen molar-refractivity contribution in [2.45, 2.75) is 6.92 Å². The van der Waals surface area contributed by atoms with Crippen LogP contribution in [-0.2, 0) is 4.74 Å². The third kappa shape index (κ3) is 2.08. The number of carbonyl (C=O) groups is 1. The summed E-state index contributed by atoms with van der Waals surface area (Å²) in [7, 11) is 0. The van der Waals surface area contributed by atoms with Gasteiger partial charge in [-0.1, -0.05) is 6.07 Å². The van der Waals surface area contributed by atoms with Crippen molar-refractivity contribution in [1.82, 2.24) is 4.37 Å². The molecule has 0 fully saturated rings. The summed E-state index contributed by atoms with van der Waals surface area (Å²) < 4.78 is 9.17. The average Bonchev–Trinajstić information content (AvgIpc) is 2.88. The third-order valence-electron chi connectivity index (χ3n) is 1.82. The van der Waals surface area contributed by atoms with Gasteiger partial charge < -0.3 is 4.74 Å². The van der Waals surface area contributed by atoms with Crippen LogP contribution < -0.4 is 0 Å². The molecule has 0 N–H and O–H groups in total. The molecule has 0 aromatic carbocycles. The number of hydrogen-bond donors (Lipinski definition) is 0. The molecule has 0 spiro atoms. The molecule has 15 heavy (non-hydrogen) atoms. The van der Waals surface area contributed by atoms with Gasteiger partial charge in [-0.15, -0.1) is 11.3 Å². The van der Waals surface area contributed by atoms with E-state index in [2.05, 4.69) is 4.37 Å². The highest BCUT2D eigenvalue weighted by Gasteiger charge is 2.17. The molecule has 0 aliphatic heterocycles. The van der Waals surface area contributed by atoms with E-state index in [1.807, 2.05) is 17.5 Å². The molecule has 0 radical (unpaired) electrons. The molecule has 0 unspecified atom stereocenters. The number of carbonyl (C=O) groups excluding carboxylic acids is 1. The van der Waals surface area contributed by atoms with Gasteiger partial charge in [0.05, 0.1) is 17.0 Å². The van der Waals surface area contributed by atoms with E-state index in [-0.39, 0.29) is 5.97 Å². The first-order valence-electron chi connectivity index (χ1n) is 4.48. The molecule has 2 aromatic heterocycles. The number of esters is 1. The van der Waals surface area contributed by atoms with E-state index in [9.17, 15) is 4.79 Å². The van der Waals surface area contributed by atoms with E-state index >= 15 is 0 Å². The number of rotatable bonds is 3. The fourth-order valence-corrected chi connectivity index (χ4v) is 2.64. The summed E-state index contributed by atoms with van der Waals surface area (Å²) in [5.41, 5.74) is 1.29. The van der Waals surface area contributed by atoms with Crippen molar-refractivity contribution in [2.75, 3.05) is 6.61 Å². The number of ether oxygens (including phenoxy) is 1. The van der Waals surface area contributed by atoms with Crippen molar-refractivity contribution in [3.05, 3.63) is 28.5 Å². The molecule has 78 valence electrons. The Kier molecular flexibility index (Phi) is 3.13. The molecule has 2 aromatic rings. The van der Waals surface area contributed by atoms with Gasteiger partial charge in [-0.05, 0) is 29.9 Å². The summed E-state index contributed by atoms with van der Waals surface area (Å²) in [6, 6.07) is 3.89. The largest absolute Gasteiger partial charge is 0.462 e. The Morgan fingerprint density at radius 3 is 3.13 bits per heavy atom. The predicted octanol–water partition coefficient (Wildman–Crippen LogP) is 3.05. The Hall–Kier alpha value is -1.20. The van der Waals surface area contributed by atoms with E-state index in [1.54, 1.807) is 23.6 Å². The Morgan fingerprint density at radius 1 is 1.60 bits per heavy atom. The monoisotopic (exact) mass is 239 g/mol. The van der Waals surface area contributed by atoms with Crippen LogP contribution in [0.1, 0.15) is 17.3 Å². The van der Waals surface area contributed by atoms with Gasteiger partial charge in [0, 0.05) is 5.38 Å². The zero-order chi connectivity index (χ0) is 10.7. The summed E-state index contributed by atoms with van der Waals surface area (Å²) >= 11 is 2.84. The quantitative estimate of drug-likeness (QED) is 0.773. The molecule has 0 aliphatic rings. The molecule has 0 amide bonds. The minimum Gasteiger partial charge on any atom is -0.462 e. The van der Waals surface area contributed by atoms with Crippen LogP contribution in [0.15, 0.2) is 22.9 Å². The smallest absolute Gasteiger partial charge is 0.341 e. The first kappa shape index (κ1) is 10.3. The first-order chi connectivity index (χ1) is 7.33. The van der Waals surface area contributed by atoms with Crippen LogP contribution in [0, 0.1) is 0 Å². The fourth-order valence-electron chi connectivity index (χ4n) is 1.18. The second kappa shape index (κ2) is 4.55. The fraction of sp³-hybridized carbons (Fsp3) is 0.200. The summed E-state index contributed by atoms with van der Waals surface area (Å²) in [4.78, 5) is 12.6. The van der Waals surface area contributed by atoms with Gasteiger partial charge in [0.15, 0.2) is 0 Å². The minimum atomic E-state index is -0.297. The molecule has 2 heterocycles. The van der Waals surface area contributed by atoms with Crippen LogP contribution >= 0.6 is 22.9 Å². The van der Waals surface area contributed by atoms with Crippen LogP contribution in [0.3, 0.4) is 0 Å². The predicted molar refractivity (Wildman–Crippen MR) is 61.4 cm³/mol. The lowest BCUT2D eigenvalue weighted by atomic mass is 10.2. The lowest BCUT2D eigenvalue weighted by molar-refractivity contribution is 0.0527. The van der Waals surface area contributed by atoms with E-state index in [0.29, 0.717) is 12.2 Å². The Labute approximate surface area is 95.5 Å². The average molecular weight is 239 g/mol. The van der Waals surface area contributed by atoms with Gasteiger partial charge in [0.1, 0.15) is 5.69 Å². The van der Waals surface area contributed by atoms with Gasteiger partial charge in [-0.2, -0.15) is 4.37 Å². The van der Waals surface area contributed by atoms with E-state index in [0.717, 1.165) is 10.6 Å². The number of hydrogen-bond acceptors (Lipinski definition) is 5. The second-order valence-electron chi connectivity index (χ2n) is 2.77. The molecule has 0 saturated heterocycles. The standard InChI is InChI=1S/C10H9NO2S2/c1-2-13-10(12)7-6-15-11-9(7)8-4-3-5-14-8/h3-6H,2H2,1H3. The maximum Gasteiger partial charge on any atom is 0.341 e. The first-order valence-corrected chi connectivity index (χ1v) is 6.20. The van der Waals surface area contributed by atoms with Crippen molar-refractivity contribution >= 4 is 28.8 Å². The third-order valence-corrected chi connectivity index (χ3v) is 3.33. The van der Waals surface area contributed by atoms with Gasteiger partial charge >= 0.3 is 5.97 Å². The second-order valence-corrected chi connectivity index (χ2v) is 4.35. The topological polar surface area (TPSA) is 39.2 Å². The van der Waals surface area contributed by atoms with Gasteiger partial charge in [-0.3, -0.25) is 0 Å². The molecule has 3 nitrogen and oxygen atoms in total. The maximum absolute atomic E-state index is 11.6. The van der Waals surface area contributed by atoms with Crippen LogP contribution in [0.25, 0.3) is 10.6 Å². The van der Waals surface area contributed by atoms with Crippen molar-refractivity contribution < 1.29 is 9.53 Å². The lowest BCUT2D eigenvalue weighted by Gasteiger charge is -2.00. The molecule has 0 aliphatic carbocycles. The highest BCUT2D eigenvalue weighted by Crippen LogP contribution is 2.28. The highest BCUT2D eigenvalue weighted by molar-refractivity contribution is 7.13. The summed E-state index contributed by atoms with van der Waals surface area (Å²) in [6.07, 6.45) is 0.